The Morgan fingerprint density at radius 3 is 2.67 bits per heavy atom. The number of pyridine rings is 1. The summed E-state index contributed by atoms with van der Waals surface area (Å²) >= 11 is 6.47. The van der Waals surface area contributed by atoms with Gasteiger partial charge in [0, 0.05) is 13.6 Å². The van der Waals surface area contributed by atoms with Crippen LogP contribution in [0.1, 0.15) is 10.6 Å². The second-order valence-electron chi connectivity index (χ2n) is 7.08. The van der Waals surface area contributed by atoms with Crippen LogP contribution in [0, 0.1) is 18.6 Å². The molecule has 174 valence electrons. The highest BCUT2D eigenvalue weighted by Gasteiger charge is 2.42. The molecule has 14 heteroatoms. The molecule has 1 fully saturated rings. The Morgan fingerprint density at radius 2 is 2.00 bits per heavy atom. The summed E-state index contributed by atoms with van der Waals surface area (Å²) in [6.45, 7) is 1.24. The molecule has 0 aliphatic carbocycles. The minimum atomic E-state index is -4.79. The summed E-state index contributed by atoms with van der Waals surface area (Å²) in [4.78, 5) is 35.1. The Bertz CT molecular complexity index is 1300. The van der Waals surface area contributed by atoms with E-state index in [9.17, 15) is 31.5 Å². The number of carbonyl (C=O) groups excluding carboxylic acids is 2. The number of alkyl halides is 3. The largest absolute Gasteiger partial charge is 0.418 e. The van der Waals surface area contributed by atoms with Crippen molar-refractivity contribution in [2.45, 2.75) is 19.1 Å². The molecule has 1 unspecified atom stereocenters. The number of likely N-dealkylation sites (N-methyl/N-ethyl adjacent to an activating group) is 1. The van der Waals surface area contributed by atoms with Crippen LogP contribution in [-0.4, -0.2) is 41.5 Å². The number of amides is 3. The summed E-state index contributed by atoms with van der Waals surface area (Å²) in [5.74, 6) is -3.51. The number of aromatic nitrogens is 2. The maximum Gasteiger partial charge on any atom is 0.418 e. The zero-order valence-electron chi connectivity index (χ0n) is 16.8. The van der Waals surface area contributed by atoms with Gasteiger partial charge in [-0.05, 0) is 25.1 Å². The van der Waals surface area contributed by atoms with Gasteiger partial charge in [0.2, 0.25) is 0 Å². The summed E-state index contributed by atoms with van der Waals surface area (Å²) in [6, 6.07) is 0.265. The zero-order chi connectivity index (χ0) is 24.2. The van der Waals surface area contributed by atoms with E-state index in [1.54, 1.807) is 0 Å². The van der Waals surface area contributed by atoms with Crippen LogP contribution in [0.5, 0.6) is 0 Å². The van der Waals surface area contributed by atoms with Gasteiger partial charge in [0.1, 0.15) is 33.0 Å². The molecule has 1 aliphatic rings. The molecule has 0 radical (unpaired) electrons. The Hall–Kier alpha value is -3.06. The Morgan fingerprint density at radius 1 is 1.30 bits per heavy atom. The Kier molecular flexibility index (Phi) is 5.65. The van der Waals surface area contributed by atoms with E-state index in [0.717, 1.165) is 33.3 Å². The minimum Gasteiger partial charge on any atom is -0.335 e. The maximum absolute atomic E-state index is 14.4. The quantitative estimate of drug-likeness (QED) is 0.420. The number of hydrogen-bond acceptors (Lipinski definition) is 5. The van der Waals surface area contributed by atoms with Crippen LogP contribution in [0.15, 0.2) is 18.2 Å². The van der Waals surface area contributed by atoms with Crippen LogP contribution >= 0.6 is 22.9 Å². The first-order chi connectivity index (χ1) is 15.4. The lowest BCUT2D eigenvalue weighted by Crippen LogP contribution is -2.47. The summed E-state index contributed by atoms with van der Waals surface area (Å²) in [5.41, 5.74) is -1.85. The number of nitrogens with one attached hydrogen (secondary N) is 1. The molecular formula is C19H13ClF5N5O2S. The number of carbonyl (C=O) groups is 2. The fraction of sp³-hybridized carbons (Fsp3) is 0.263. The summed E-state index contributed by atoms with van der Waals surface area (Å²) in [6.07, 6.45) is -4.79. The van der Waals surface area contributed by atoms with Gasteiger partial charge in [-0.1, -0.05) is 22.9 Å². The molecular weight excluding hydrogens is 493 g/mol. The molecule has 33 heavy (non-hydrogen) atoms. The van der Waals surface area contributed by atoms with Crippen molar-refractivity contribution >= 4 is 56.7 Å². The number of urea groups is 1. The van der Waals surface area contributed by atoms with Gasteiger partial charge in [-0.2, -0.15) is 13.2 Å². The third kappa shape index (κ3) is 3.95. The highest BCUT2D eigenvalue weighted by molar-refractivity contribution is 7.18. The molecule has 1 N–H and O–H groups in total. The predicted molar refractivity (Wildman–Crippen MR) is 112 cm³/mol. The summed E-state index contributed by atoms with van der Waals surface area (Å²) in [7, 11) is 1.17. The van der Waals surface area contributed by atoms with Gasteiger partial charge >= 0.3 is 12.2 Å². The smallest absolute Gasteiger partial charge is 0.335 e. The Labute approximate surface area is 191 Å². The van der Waals surface area contributed by atoms with E-state index in [1.807, 2.05) is 0 Å². The molecule has 0 saturated carbocycles. The molecule has 3 heterocycles. The molecule has 3 amide bonds. The van der Waals surface area contributed by atoms with E-state index >= 15 is 0 Å². The van der Waals surface area contributed by atoms with Gasteiger partial charge in [0.25, 0.3) is 5.91 Å². The third-order valence-electron chi connectivity index (χ3n) is 4.98. The highest BCUT2D eigenvalue weighted by atomic mass is 35.5. The van der Waals surface area contributed by atoms with Crippen molar-refractivity contribution in [1.82, 2.24) is 15.3 Å². The second kappa shape index (κ2) is 8.06. The lowest BCUT2D eigenvalue weighted by Gasteiger charge is -2.27. The predicted octanol–water partition coefficient (Wildman–Crippen LogP) is 4.51. The number of anilines is 2. The molecule has 7 nitrogen and oxygen atoms in total. The van der Waals surface area contributed by atoms with E-state index < -0.39 is 52.2 Å². The van der Waals surface area contributed by atoms with Crippen LogP contribution in [-0.2, 0) is 11.0 Å². The zero-order valence-corrected chi connectivity index (χ0v) is 18.4. The van der Waals surface area contributed by atoms with Crippen molar-refractivity contribution in [1.29, 1.82) is 0 Å². The van der Waals surface area contributed by atoms with Crippen LogP contribution in [0.3, 0.4) is 0 Å². The molecule has 0 bridgehead atoms. The first-order valence-electron chi connectivity index (χ1n) is 9.23. The lowest BCUT2D eigenvalue weighted by molar-refractivity contribution is -0.136. The van der Waals surface area contributed by atoms with Gasteiger partial charge in [0.05, 0.1) is 16.3 Å². The molecule has 1 saturated heterocycles. The van der Waals surface area contributed by atoms with Crippen LogP contribution in [0.2, 0.25) is 5.02 Å². The van der Waals surface area contributed by atoms with Gasteiger partial charge < -0.3 is 10.2 Å². The van der Waals surface area contributed by atoms with E-state index in [1.165, 1.54) is 14.0 Å². The Balaban J connectivity index is 1.77. The molecule has 0 spiro atoms. The number of rotatable bonds is 3. The average Bonchev–Trinajstić information content (AvgIpc) is 3.31. The summed E-state index contributed by atoms with van der Waals surface area (Å²) in [5, 5.41) is 1.89. The van der Waals surface area contributed by atoms with Gasteiger partial charge in [-0.3, -0.25) is 9.69 Å². The van der Waals surface area contributed by atoms with Crippen molar-refractivity contribution in [3.8, 4) is 0 Å². The van der Waals surface area contributed by atoms with Gasteiger partial charge in [0.15, 0.2) is 5.82 Å². The third-order valence-corrected chi connectivity index (χ3v) is 6.19. The van der Waals surface area contributed by atoms with Crippen molar-refractivity contribution < 1.29 is 31.5 Å². The van der Waals surface area contributed by atoms with Crippen molar-refractivity contribution in [2.24, 2.45) is 0 Å². The maximum atomic E-state index is 14.4. The van der Waals surface area contributed by atoms with E-state index in [0.29, 0.717) is 11.1 Å². The number of hydrogen-bond donors (Lipinski definition) is 1. The molecule has 1 atom stereocenters. The molecule has 2 aromatic heterocycles. The standard InChI is InChI=1S/C19H13ClF5N5O2S/c1-7-27-15-8(19(23,24)25)5-12(28-16(15)33-7)30-11(6-26-18(30)32)17(31)29(2)10-4-3-9(21)13(20)14(10)22/h3-5,11H,6H2,1-2H3,(H,26,32). The monoisotopic (exact) mass is 505 g/mol. The van der Waals surface area contributed by atoms with Crippen LogP contribution in [0.4, 0.5) is 38.3 Å². The summed E-state index contributed by atoms with van der Waals surface area (Å²) < 4.78 is 68.9. The number of fused-ring (bicyclic) bond motifs is 1. The molecule has 3 aromatic rings. The highest BCUT2D eigenvalue weighted by Crippen LogP contribution is 2.38. The number of thiazole rings is 1. The molecule has 1 aromatic carbocycles. The van der Waals surface area contributed by atoms with Crippen molar-refractivity contribution in [3.63, 3.8) is 0 Å². The van der Waals surface area contributed by atoms with Crippen LogP contribution < -0.4 is 15.1 Å². The normalized spacial score (nSPS) is 16.4. The minimum absolute atomic E-state index is 0.0621. The van der Waals surface area contributed by atoms with Crippen molar-refractivity contribution in [2.75, 3.05) is 23.4 Å². The number of halogens is 6. The first-order valence-corrected chi connectivity index (χ1v) is 10.4. The van der Waals surface area contributed by atoms with Gasteiger partial charge in [-0.25, -0.2) is 23.5 Å². The lowest BCUT2D eigenvalue weighted by atomic mass is 10.2. The number of nitrogens with zero attached hydrogens (tertiary/aromatic N) is 4. The van der Waals surface area contributed by atoms with Gasteiger partial charge in [-0.15, -0.1) is 0 Å². The van der Waals surface area contributed by atoms with E-state index in [4.69, 9.17) is 11.6 Å². The molecule has 1 aliphatic heterocycles. The average molecular weight is 506 g/mol. The topological polar surface area (TPSA) is 78.4 Å². The van der Waals surface area contributed by atoms with Crippen molar-refractivity contribution in [3.05, 3.63) is 45.4 Å². The van der Waals surface area contributed by atoms with E-state index in [-0.39, 0.29) is 22.6 Å². The fourth-order valence-corrected chi connectivity index (χ4v) is 4.39. The number of aryl methyl sites for hydroxylation is 1. The number of benzene rings is 1. The first kappa shape index (κ1) is 23.1. The SMILES string of the molecule is Cc1nc2c(C(F)(F)F)cc(N3C(=O)NCC3C(=O)N(C)c3ccc(F)c(Cl)c3F)nc2s1. The second-order valence-corrected chi connectivity index (χ2v) is 8.64. The molecule has 4 rings (SSSR count). The van der Waals surface area contributed by atoms with E-state index in [2.05, 4.69) is 15.3 Å². The van der Waals surface area contributed by atoms with Crippen LogP contribution in [0.25, 0.3) is 10.3 Å². The fourth-order valence-electron chi connectivity index (χ4n) is 3.42.